The van der Waals surface area contributed by atoms with Gasteiger partial charge in [0, 0.05) is 63.2 Å². The second kappa shape index (κ2) is 11.4. The monoisotopic (exact) mass is 533 g/mol. The normalized spacial score (nSPS) is 21.3. The summed E-state index contributed by atoms with van der Waals surface area (Å²) in [6, 6.07) is 5.89. The zero-order valence-electron chi connectivity index (χ0n) is 21.5. The van der Waals surface area contributed by atoms with Gasteiger partial charge in [0.1, 0.15) is 17.9 Å². The van der Waals surface area contributed by atoms with Gasteiger partial charge in [-0.1, -0.05) is 19.1 Å². The van der Waals surface area contributed by atoms with Gasteiger partial charge in [-0.25, -0.2) is 9.97 Å². The Labute approximate surface area is 220 Å². The topological polar surface area (TPSA) is 79.8 Å². The van der Waals surface area contributed by atoms with E-state index < -0.39 is 12.3 Å². The van der Waals surface area contributed by atoms with E-state index in [0.717, 1.165) is 37.2 Å². The fraction of sp³-hybridized carbons (Fsp3) is 0.593. The second-order valence-electron chi connectivity index (χ2n) is 10.3. The molecule has 0 radical (unpaired) electrons. The molecular formula is C27H34F3N5O3. The first kappa shape index (κ1) is 26.7. The molecule has 2 atom stereocenters. The second-order valence-corrected chi connectivity index (χ2v) is 10.3. The smallest absolute Gasteiger partial charge is 0.406 e. The molecule has 2 aliphatic heterocycles. The molecule has 1 N–H and O–H groups in total. The minimum absolute atomic E-state index is 0.0324. The molecule has 1 aliphatic carbocycles. The molecule has 0 spiro atoms. The molecule has 11 heteroatoms. The number of ether oxygens (including phenoxy) is 2. The minimum atomic E-state index is -4.76. The van der Waals surface area contributed by atoms with Crippen LogP contribution < -0.4 is 15.0 Å². The van der Waals surface area contributed by atoms with Crippen molar-refractivity contribution in [3.63, 3.8) is 0 Å². The molecule has 5 rings (SSSR count). The predicted octanol–water partition coefficient (Wildman–Crippen LogP) is 3.63. The number of piperazine rings is 1. The molecule has 206 valence electrons. The lowest BCUT2D eigenvalue weighted by Crippen LogP contribution is -2.51. The Morgan fingerprint density at radius 2 is 1.82 bits per heavy atom. The summed E-state index contributed by atoms with van der Waals surface area (Å²) >= 11 is 0. The highest BCUT2D eigenvalue weighted by Gasteiger charge is 2.34. The Kier molecular flexibility index (Phi) is 8.04. The van der Waals surface area contributed by atoms with Crippen molar-refractivity contribution in [2.24, 2.45) is 0 Å². The third kappa shape index (κ3) is 6.20. The summed E-state index contributed by atoms with van der Waals surface area (Å²) in [5.74, 6) is 0.545. The highest BCUT2D eigenvalue weighted by Crippen LogP contribution is 2.37. The van der Waals surface area contributed by atoms with E-state index in [2.05, 4.69) is 31.8 Å². The van der Waals surface area contributed by atoms with Crippen molar-refractivity contribution in [1.82, 2.24) is 20.2 Å². The van der Waals surface area contributed by atoms with Crippen molar-refractivity contribution in [3.8, 4) is 5.75 Å². The number of alkyl halides is 3. The summed E-state index contributed by atoms with van der Waals surface area (Å²) in [7, 11) is 0. The van der Waals surface area contributed by atoms with Crippen LogP contribution in [0.15, 0.2) is 30.6 Å². The van der Waals surface area contributed by atoms with Crippen molar-refractivity contribution in [3.05, 3.63) is 47.4 Å². The van der Waals surface area contributed by atoms with E-state index in [0.29, 0.717) is 57.4 Å². The fourth-order valence-electron chi connectivity index (χ4n) is 5.67. The van der Waals surface area contributed by atoms with Crippen LogP contribution in [0.3, 0.4) is 0 Å². The summed E-state index contributed by atoms with van der Waals surface area (Å²) in [6.45, 7) is 6.39. The SMILES string of the molecule is CC1CCc2ncnc(N3CCN(C(=O)[C@H](CNC4CCOCC4)c4ccc(OC(F)(F)F)cc4)CC3)c21. The number of benzene rings is 1. The number of carbonyl (C=O) groups is 1. The van der Waals surface area contributed by atoms with E-state index in [9.17, 15) is 18.0 Å². The fourth-order valence-corrected chi connectivity index (χ4v) is 5.67. The Morgan fingerprint density at radius 1 is 1.11 bits per heavy atom. The van der Waals surface area contributed by atoms with Crippen molar-refractivity contribution in [1.29, 1.82) is 0 Å². The van der Waals surface area contributed by atoms with Crippen LogP contribution in [0.4, 0.5) is 19.0 Å². The summed E-state index contributed by atoms with van der Waals surface area (Å²) in [5.41, 5.74) is 3.01. The van der Waals surface area contributed by atoms with Gasteiger partial charge in [-0.3, -0.25) is 4.79 Å². The van der Waals surface area contributed by atoms with Gasteiger partial charge in [-0.05, 0) is 49.3 Å². The van der Waals surface area contributed by atoms with Gasteiger partial charge in [0.2, 0.25) is 5.91 Å². The van der Waals surface area contributed by atoms with Crippen LogP contribution in [-0.2, 0) is 16.0 Å². The quantitative estimate of drug-likeness (QED) is 0.582. The Hall–Kier alpha value is -2.92. The van der Waals surface area contributed by atoms with Crippen LogP contribution in [0, 0.1) is 0 Å². The van der Waals surface area contributed by atoms with Crippen molar-refractivity contribution in [2.75, 3.05) is 50.8 Å². The first-order valence-corrected chi connectivity index (χ1v) is 13.3. The Bertz CT molecular complexity index is 1100. The average Bonchev–Trinajstić information content (AvgIpc) is 3.30. The van der Waals surface area contributed by atoms with Crippen LogP contribution in [0.1, 0.15) is 54.8 Å². The van der Waals surface area contributed by atoms with Gasteiger partial charge in [-0.2, -0.15) is 0 Å². The lowest BCUT2D eigenvalue weighted by atomic mass is 9.95. The van der Waals surface area contributed by atoms with Crippen molar-refractivity contribution in [2.45, 2.75) is 56.8 Å². The molecule has 0 saturated carbocycles. The molecular weight excluding hydrogens is 499 g/mol. The molecule has 8 nitrogen and oxygen atoms in total. The van der Waals surface area contributed by atoms with E-state index in [-0.39, 0.29) is 17.7 Å². The maximum absolute atomic E-state index is 13.8. The first-order chi connectivity index (χ1) is 18.3. The van der Waals surface area contributed by atoms with Crippen molar-refractivity contribution < 1.29 is 27.4 Å². The van der Waals surface area contributed by atoms with Gasteiger partial charge in [0.15, 0.2) is 0 Å². The van der Waals surface area contributed by atoms with Crippen molar-refractivity contribution >= 4 is 11.7 Å². The highest BCUT2D eigenvalue weighted by atomic mass is 19.4. The number of aryl methyl sites for hydroxylation is 1. The van der Waals surface area contributed by atoms with E-state index in [1.54, 1.807) is 18.5 Å². The van der Waals surface area contributed by atoms with E-state index >= 15 is 0 Å². The number of nitrogens with zero attached hydrogens (tertiary/aromatic N) is 4. The predicted molar refractivity (Wildman–Crippen MR) is 135 cm³/mol. The van der Waals surface area contributed by atoms with Crippen LogP contribution >= 0.6 is 0 Å². The molecule has 2 fully saturated rings. The van der Waals surface area contributed by atoms with Gasteiger partial charge >= 0.3 is 6.36 Å². The maximum Gasteiger partial charge on any atom is 0.573 e. The lowest BCUT2D eigenvalue weighted by molar-refractivity contribution is -0.274. The van der Waals surface area contributed by atoms with E-state index in [1.165, 1.54) is 17.7 Å². The maximum atomic E-state index is 13.8. The zero-order valence-corrected chi connectivity index (χ0v) is 21.5. The largest absolute Gasteiger partial charge is 0.573 e. The third-order valence-corrected chi connectivity index (χ3v) is 7.79. The van der Waals surface area contributed by atoms with Crippen LogP contribution in [0.2, 0.25) is 0 Å². The molecule has 1 aromatic heterocycles. The number of fused-ring (bicyclic) bond motifs is 1. The number of rotatable bonds is 7. The van der Waals surface area contributed by atoms with Gasteiger partial charge < -0.3 is 24.6 Å². The molecule has 2 saturated heterocycles. The standard InChI is InChI=1S/C27H34F3N5O3/c1-18-2-7-23-24(18)25(33-17-32-23)34-10-12-35(13-11-34)26(36)22(16-31-20-8-14-37-15-9-20)19-3-5-21(6-4-19)38-27(28,29)30/h3-6,17-18,20,22,31H,2,7-16H2,1H3/t18?,22-/m1/s1. The number of hydrogen-bond donors (Lipinski definition) is 1. The summed E-state index contributed by atoms with van der Waals surface area (Å²) < 4.78 is 47.3. The van der Waals surface area contributed by atoms with Crippen LogP contribution in [0.5, 0.6) is 5.75 Å². The van der Waals surface area contributed by atoms with Gasteiger partial charge in [-0.15, -0.1) is 13.2 Å². The number of hydrogen-bond acceptors (Lipinski definition) is 7. The first-order valence-electron chi connectivity index (χ1n) is 13.3. The molecule has 3 aliphatic rings. The van der Waals surface area contributed by atoms with Crippen LogP contribution in [-0.4, -0.2) is 79.1 Å². The summed E-state index contributed by atoms with van der Waals surface area (Å²) in [6.07, 6.45) is 0.642. The number of amides is 1. The number of carbonyl (C=O) groups excluding carboxylic acids is 1. The van der Waals surface area contributed by atoms with Crippen LogP contribution in [0.25, 0.3) is 0 Å². The lowest BCUT2D eigenvalue weighted by Gasteiger charge is -2.38. The number of halogens is 3. The number of nitrogens with one attached hydrogen (secondary N) is 1. The third-order valence-electron chi connectivity index (χ3n) is 7.79. The average molecular weight is 534 g/mol. The molecule has 0 bridgehead atoms. The summed E-state index contributed by atoms with van der Waals surface area (Å²) in [4.78, 5) is 26.9. The molecule has 2 aromatic rings. The molecule has 1 unspecified atom stereocenters. The molecule has 3 heterocycles. The molecule has 38 heavy (non-hydrogen) atoms. The number of anilines is 1. The van der Waals surface area contributed by atoms with Gasteiger partial charge in [0.25, 0.3) is 0 Å². The molecule has 1 amide bonds. The van der Waals surface area contributed by atoms with Gasteiger partial charge in [0.05, 0.1) is 5.92 Å². The Morgan fingerprint density at radius 3 is 2.50 bits per heavy atom. The highest BCUT2D eigenvalue weighted by molar-refractivity contribution is 5.84. The number of aromatic nitrogens is 2. The minimum Gasteiger partial charge on any atom is -0.406 e. The Balaban J connectivity index is 1.28. The summed E-state index contributed by atoms with van der Waals surface area (Å²) in [5, 5.41) is 3.49. The zero-order chi connectivity index (χ0) is 26.7. The van der Waals surface area contributed by atoms with E-state index in [1.807, 2.05) is 4.90 Å². The molecule has 1 aromatic carbocycles. The van der Waals surface area contributed by atoms with E-state index in [4.69, 9.17) is 4.74 Å².